The average molecular weight is 592 g/mol. The zero-order chi connectivity index (χ0) is 30.2. The Kier molecular flexibility index (Phi) is 7.95. The fraction of sp³-hybridized carbons (Fsp3) is 0.152. The molecule has 214 valence electrons. The molecule has 0 amide bonds. The van der Waals surface area contributed by atoms with Crippen molar-refractivity contribution in [1.82, 2.24) is 4.98 Å². The van der Waals surface area contributed by atoms with Gasteiger partial charge in [0.25, 0.3) is 0 Å². The molecule has 0 saturated carbocycles. The lowest BCUT2D eigenvalue weighted by Gasteiger charge is -2.15. The standard InChI is InChI=1S/C33H25ClF3NO4/c1-18-21(10-11-22-15-30(41-3)23(17-40)14-27(22)33(35,36)37)6-4-7-24(18)25-8-5-9-26(19(25)2)32-38-29-13-20(16-39)12-28(34)31(29)42-32/h4-15,17,39H,16H2,1-3H3/b11-10+. The largest absolute Gasteiger partial charge is 0.496 e. The molecular weight excluding hydrogens is 567 g/mol. The van der Waals surface area contributed by atoms with E-state index in [9.17, 15) is 23.1 Å². The molecule has 0 aliphatic carbocycles. The van der Waals surface area contributed by atoms with Crippen molar-refractivity contribution < 1.29 is 32.2 Å². The molecular formula is C33H25ClF3NO4. The third-order valence-electron chi connectivity index (χ3n) is 7.19. The number of aliphatic hydroxyl groups excluding tert-OH is 1. The molecule has 4 aromatic carbocycles. The number of hydrogen-bond acceptors (Lipinski definition) is 5. The van der Waals surface area contributed by atoms with Gasteiger partial charge in [0.15, 0.2) is 11.9 Å². The van der Waals surface area contributed by atoms with Crippen LogP contribution in [0.15, 0.2) is 65.1 Å². The van der Waals surface area contributed by atoms with Crippen LogP contribution in [0.1, 0.15) is 43.7 Å². The number of benzene rings is 4. The van der Waals surface area contributed by atoms with Crippen molar-refractivity contribution in [2.45, 2.75) is 26.6 Å². The summed E-state index contributed by atoms with van der Waals surface area (Å²) in [5, 5.41) is 9.86. The fourth-order valence-electron chi connectivity index (χ4n) is 4.98. The summed E-state index contributed by atoms with van der Waals surface area (Å²) in [5.74, 6) is 0.436. The number of oxazole rings is 1. The van der Waals surface area contributed by atoms with E-state index in [1.165, 1.54) is 19.3 Å². The van der Waals surface area contributed by atoms with Gasteiger partial charge in [0.05, 0.1) is 29.9 Å². The highest BCUT2D eigenvalue weighted by molar-refractivity contribution is 6.34. The quantitative estimate of drug-likeness (QED) is 0.151. The molecule has 5 nitrogen and oxygen atoms in total. The highest BCUT2D eigenvalue weighted by Crippen LogP contribution is 2.39. The summed E-state index contributed by atoms with van der Waals surface area (Å²) >= 11 is 6.35. The van der Waals surface area contributed by atoms with Gasteiger partial charge in [-0.2, -0.15) is 13.2 Å². The zero-order valence-electron chi connectivity index (χ0n) is 22.8. The van der Waals surface area contributed by atoms with Crippen LogP contribution < -0.4 is 4.74 Å². The molecule has 42 heavy (non-hydrogen) atoms. The lowest BCUT2D eigenvalue weighted by atomic mass is 9.91. The normalized spacial score (nSPS) is 11.9. The van der Waals surface area contributed by atoms with Gasteiger partial charge in [-0.15, -0.1) is 0 Å². The number of fused-ring (bicyclic) bond motifs is 1. The Bertz CT molecular complexity index is 1860. The van der Waals surface area contributed by atoms with E-state index in [1.54, 1.807) is 18.2 Å². The lowest BCUT2D eigenvalue weighted by Crippen LogP contribution is -2.09. The molecule has 0 bridgehead atoms. The maximum absolute atomic E-state index is 13.8. The van der Waals surface area contributed by atoms with Crippen molar-refractivity contribution in [3.8, 4) is 28.3 Å². The van der Waals surface area contributed by atoms with E-state index in [0.717, 1.165) is 33.9 Å². The molecule has 0 saturated heterocycles. The van der Waals surface area contributed by atoms with E-state index in [1.807, 2.05) is 50.2 Å². The number of rotatable bonds is 7. The first kappa shape index (κ1) is 29.1. The van der Waals surface area contributed by atoms with Crippen molar-refractivity contribution >= 4 is 41.1 Å². The molecule has 0 aliphatic heterocycles. The van der Waals surface area contributed by atoms with Crippen LogP contribution in [0.2, 0.25) is 5.02 Å². The van der Waals surface area contributed by atoms with Crippen LogP contribution in [0.4, 0.5) is 13.2 Å². The van der Waals surface area contributed by atoms with Gasteiger partial charge in [-0.25, -0.2) is 4.98 Å². The van der Waals surface area contributed by atoms with Crippen molar-refractivity contribution in [2.75, 3.05) is 7.11 Å². The van der Waals surface area contributed by atoms with E-state index < -0.39 is 11.7 Å². The summed E-state index contributed by atoms with van der Waals surface area (Å²) in [5.41, 5.74) is 5.36. The molecule has 5 aromatic rings. The van der Waals surface area contributed by atoms with Gasteiger partial charge in [-0.3, -0.25) is 4.79 Å². The molecule has 1 aromatic heterocycles. The third-order valence-corrected chi connectivity index (χ3v) is 7.47. The molecule has 5 rings (SSSR count). The predicted molar refractivity (Wildman–Crippen MR) is 158 cm³/mol. The summed E-state index contributed by atoms with van der Waals surface area (Å²) in [7, 11) is 1.30. The van der Waals surface area contributed by atoms with E-state index in [2.05, 4.69) is 4.98 Å². The molecule has 0 fully saturated rings. The number of carbonyl (C=O) groups is 1. The molecule has 1 heterocycles. The summed E-state index contributed by atoms with van der Waals surface area (Å²) in [6.45, 7) is 3.67. The minimum absolute atomic E-state index is 0.0589. The highest BCUT2D eigenvalue weighted by Gasteiger charge is 2.34. The smallest absolute Gasteiger partial charge is 0.417 e. The summed E-state index contributed by atoms with van der Waals surface area (Å²) in [4.78, 5) is 15.9. The SMILES string of the molecule is COc1cc(/C=C/c2cccc(-c3cccc(-c4nc5cc(CO)cc(Cl)c5o4)c3C)c2C)c(C(F)(F)F)cc1C=O. The van der Waals surface area contributed by atoms with Gasteiger partial charge in [-0.05, 0) is 83.1 Å². The summed E-state index contributed by atoms with van der Waals surface area (Å²) in [6, 6.07) is 16.7. The lowest BCUT2D eigenvalue weighted by molar-refractivity contribution is -0.137. The molecule has 9 heteroatoms. The number of nitrogens with zero attached hydrogens (tertiary/aromatic N) is 1. The number of aldehydes is 1. The van der Waals surface area contributed by atoms with E-state index in [-0.39, 0.29) is 23.5 Å². The van der Waals surface area contributed by atoms with E-state index >= 15 is 0 Å². The number of ether oxygens (including phenoxy) is 1. The summed E-state index contributed by atoms with van der Waals surface area (Å²) < 4.78 is 52.6. The number of hydrogen-bond donors (Lipinski definition) is 1. The minimum Gasteiger partial charge on any atom is -0.496 e. The average Bonchev–Trinajstić information content (AvgIpc) is 3.40. The molecule has 0 spiro atoms. The van der Waals surface area contributed by atoms with Crippen LogP contribution in [0.25, 0.3) is 45.8 Å². The number of alkyl halides is 3. The van der Waals surface area contributed by atoms with Gasteiger partial charge in [-0.1, -0.05) is 54.1 Å². The first-order valence-corrected chi connectivity index (χ1v) is 13.3. The molecule has 0 radical (unpaired) electrons. The Labute approximate surface area is 244 Å². The van der Waals surface area contributed by atoms with E-state index in [4.69, 9.17) is 20.8 Å². The highest BCUT2D eigenvalue weighted by atomic mass is 35.5. The topological polar surface area (TPSA) is 72.6 Å². The first-order valence-electron chi connectivity index (χ1n) is 12.9. The Morgan fingerprint density at radius 3 is 2.26 bits per heavy atom. The van der Waals surface area contributed by atoms with Crippen LogP contribution in [0, 0.1) is 13.8 Å². The predicted octanol–water partition coefficient (Wildman–Crippen LogP) is 8.93. The second-order valence-corrected chi connectivity index (χ2v) is 10.1. The van der Waals surface area contributed by atoms with Crippen molar-refractivity contribution in [2.24, 2.45) is 0 Å². The van der Waals surface area contributed by atoms with Crippen LogP contribution in [-0.2, 0) is 12.8 Å². The zero-order valence-corrected chi connectivity index (χ0v) is 23.6. The molecule has 0 aliphatic rings. The second kappa shape index (κ2) is 11.5. The Hall–Kier alpha value is -4.40. The maximum Gasteiger partial charge on any atom is 0.417 e. The van der Waals surface area contributed by atoms with Gasteiger partial charge in [0.1, 0.15) is 11.3 Å². The number of aliphatic hydroxyl groups is 1. The van der Waals surface area contributed by atoms with Crippen LogP contribution in [-0.4, -0.2) is 23.5 Å². The van der Waals surface area contributed by atoms with Gasteiger partial charge in [0, 0.05) is 5.56 Å². The van der Waals surface area contributed by atoms with Gasteiger partial charge >= 0.3 is 6.18 Å². The second-order valence-electron chi connectivity index (χ2n) is 9.73. The van der Waals surface area contributed by atoms with Crippen LogP contribution in [0.5, 0.6) is 5.75 Å². The maximum atomic E-state index is 13.8. The fourth-order valence-corrected chi connectivity index (χ4v) is 5.26. The first-order chi connectivity index (χ1) is 20.0. The molecule has 1 N–H and O–H groups in total. The van der Waals surface area contributed by atoms with E-state index in [0.29, 0.717) is 39.4 Å². The minimum atomic E-state index is -4.66. The number of aromatic nitrogens is 1. The van der Waals surface area contributed by atoms with Crippen molar-refractivity contribution in [1.29, 1.82) is 0 Å². The number of halogens is 4. The van der Waals surface area contributed by atoms with Crippen LogP contribution >= 0.6 is 11.6 Å². The monoisotopic (exact) mass is 591 g/mol. The van der Waals surface area contributed by atoms with Crippen molar-refractivity contribution in [3.63, 3.8) is 0 Å². The molecule has 0 atom stereocenters. The Morgan fingerprint density at radius 1 is 0.929 bits per heavy atom. The van der Waals surface area contributed by atoms with Gasteiger partial charge < -0.3 is 14.3 Å². The van der Waals surface area contributed by atoms with Gasteiger partial charge in [0.2, 0.25) is 5.89 Å². The van der Waals surface area contributed by atoms with Crippen molar-refractivity contribution in [3.05, 3.63) is 105 Å². The molecule has 0 unspecified atom stereocenters. The third kappa shape index (κ3) is 5.43. The number of carbonyl (C=O) groups excluding carboxylic acids is 1. The van der Waals surface area contributed by atoms with Crippen LogP contribution in [0.3, 0.4) is 0 Å². The Morgan fingerprint density at radius 2 is 1.60 bits per heavy atom. The number of methoxy groups -OCH3 is 1. The Balaban J connectivity index is 1.56. The summed E-state index contributed by atoms with van der Waals surface area (Å²) in [6.07, 6.45) is -1.33.